The number of carbonyl (C=O) groups excluding carboxylic acids is 1. The molecule has 1 aromatic heterocycles. The van der Waals surface area contributed by atoms with E-state index in [4.69, 9.17) is 9.47 Å². The molecular formula is C24H18BrN3O3S. The predicted octanol–water partition coefficient (Wildman–Crippen LogP) is 6.25. The van der Waals surface area contributed by atoms with Crippen molar-refractivity contribution in [3.8, 4) is 22.8 Å². The van der Waals surface area contributed by atoms with Crippen LogP contribution in [-0.4, -0.2) is 24.3 Å². The summed E-state index contributed by atoms with van der Waals surface area (Å²) in [7, 11) is 1.52. The number of thiazole rings is 1. The molecule has 6 nitrogen and oxygen atoms in total. The summed E-state index contributed by atoms with van der Waals surface area (Å²) >= 11 is 4.90. The lowest BCUT2D eigenvalue weighted by Gasteiger charge is -2.09. The third-order valence-corrected chi connectivity index (χ3v) is 5.69. The Labute approximate surface area is 197 Å². The molecule has 1 heterocycles. The molecule has 0 aliphatic carbocycles. The lowest BCUT2D eigenvalue weighted by molar-refractivity contribution is 0.0729. The fourth-order valence-electron chi connectivity index (χ4n) is 2.82. The third kappa shape index (κ3) is 5.40. The van der Waals surface area contributed by atoms with E-state index in [2.05, 4.69) is 31.4 Å². The number of hydrazone groups is 1. The topological polar surface area (TPSA) is 72.8 Å². The van der Waals surface area contributed by atoms with Crippen molar-refractivity contribution in [3.63, 3.8) is 0 Å². The van der Waals surface area contributed by atoms with E-state index >= 15 is 0 Å². The summed E-state index contributed by atoms with van der Waals surface area (Å²) in [6.45, 7) is 0. The molecule has 0 unspecified atom stereocenters. The number of methoxy groups -OCH3 is 1. The molecule has 4 rings (SSSR count). The zero-order chi connectivity index (χ0) is 22.3. The van der Waals surface area contributed by atoms with Crippen LogP contribution in [0.15, 0.2) is 87.8 Å². The smallest absolute Gasteiger partial charge is 0.343 e. The molecule has 160 valence electrons. The minimum Gasteiger partial charge on any atom is -0.493 e. The number of rotatable bonds is 7. The maximum absolute atomic E-state index is 12.3. The highest BCUT2D eigenvalue weighted by Gasteiger charge is 2.12. The van der Waals surface area contributed by atoms with E-state index < -0.39 is 5.97 Å². The standard InChI is InChI=1S/C24H18BrN3O3S/c1-30-22-13-16(7-12-21(22)31-23(29)18-5-3-2-4-6-18)14-26-28-24-27-20(15-32-24)17-8-10-19(25)11-9-17/h2-15H,1H3,(H,27,28)/b26-14-. The summed E-state index contributed by atoms with van der Waals surface area (Å²) in [5, 5.41) is 6.90. The van der Waals surface area contributed by atoms with Gasteiger partial charge in [0.15, 0.2) is 11.5 Å². The number of carbonyl (C=O) groups is 1. The molecule has 0 saturated carbocycles. The van der Waals surface area contributed by atoms with E-state index in [0.29, 0.717) is 22.2 Å². The van der Waals surface area contributed by atoms with Gasteiger partial charge in [-0.05, 0) is 48.0 Å². The molecule has 1 N–H and O–H groups in total. The molecule has 0 atom stereocenters. The maximum atomic E-state index is 12.3. The fourth-order valence-corrected chi connectivity index (χ4v) is 3.76. The summed E-state index contributed by atoms with van der Waals surface area (Å²) in [5.41, 5.74) is 6.10. The van der Waals surface area contributed by atoms with E-state index in [1.54, 1.807) is 48.7 Å². The average molecular weight is 508 g/mol. The Balaban J connectivity index is 1.41. The van der Waals surface area contributed by atoms with Gasteiger partial charge in [0, 0.05) is 15.4 Å². The number of ether oxygens (including phenoxy) is 2. The highest BCUT2D eigenvalue weighted by Crippen LogP contribution is 2.29. The molecule has 32 heavy (non-hydrogen) atoms. The van der Waals surface area contributed by atoms with Crippen LogP contribution in [0.1, 0.15) is 15.9 Å². The van der Waals surface area contributed by atoms with Crippen molar-refractivity contribution in [2.75, 3.05) is 12.5 Å². The first-order chi connectivity index (χ1) is 15.6. The number of esters is 1. The van der Waals surface area contributed by atoms with Crippen molar-refractivity contribution in [2.45, 2.75) is 0 Å². The Morgan fingerprint density at radius 1 is 1.06 bits per heavy atom. The monoisotopic (exact) mass is 507 g/mol. The largest absolute Gasteiger partial charge is 0.493 e. The van der Waals surface area contributed by atoms with Gasteiger partial charge in [-0.2, -0.15) is 5.10 Å². The van der Waals surface area contributed by atoms with E-state index in [-0.39, 0.29) is 0 Å². The van der Waals surface area contributed by atoms with E-state index in [9.17, 15) is 4.79 Å². The van der Waals surface area contributed by atoms with E-state index in [1.807, 2.05) is 35.7 Å². The Morgan fingerprint density at radius 2 is 1.84 bits per heavy atom. The van der Waals surface area contributed by atoms with Gasteiger partial charge in [0.2, 0.25) is 5.13 Å². The molecule has 0 radical (unpaired) electrons. The first kappa shape index (κ1) is 21.7. The third-order valence-electron chi connectivity index (χ3n) is 4.42. The number of nitrogens with zero attached hydrogens (tertiary/aromatic N) is 2. The van der Waals surface area contributed by atoms with Gasteiger partial charge in [0.05, 0.1) is 24.6 Å². The Kier molecular flexibility index (Phi) is 6.94. The molecule has 4 aromatic rings. The van der Waals surface area contributed by atoms with Gasteiger partial charge in [-0.15, -0.1) is 11.3 Å². The normalized spacial score (nSPS) is 10.8. The minimum atomic E-state index is -0.447. The number of benzene rings is 3. The van der Waals surface area contributed by atoms with E-state index in [1.165, 1.54) is 18.4 Å². The number of hydrogen-bond donors (Lipinski definition) is 1. The number of nitrogens with one attached hydrogen (secondary N) is 1. The molecule has 0 bridgehead atoms. The van der Waals surface area contributed by atoms with Crippen LogP contribution in [0, 0.1) is 0 Å². The van der Waals surface area contributed by atoms with Crippen molar-refractivity contribution in [1.29, 1.82) is 0 Å². The molecule has 0 aliphatic heterocycles. The summed E-state index contributed by atoms with van der Waals surface area (Å²) in [4.78, 5) is 16.8. The van der Waals surface area contributed by atoms with Gasteiger partial charge in [-0.25, -0.2) is 9.78 Å². The molecule has 8 heteroatoms. The van der Waals surface area contributed by atoms with E-state index in [0.717, 1.165) is 21.3 Å². The van der Waals surface area contributed by atoms with Crippen LogP contribution in [-0.2, 0) is 0 Å². The fraction of sp³-hybridized carbons (Fsp3) is 0.0417. The van der Waals surface area contributed by atoms with Crippen LogP contribution >= 0.6 is 27.3 Å². The number of hydrogen-bond acceptors (Lipinski definition) is 7. The Hall–Kier alpha value is -3.49. The van der Waals surface area contributed by atoms with Gasteiger partial charge < -0.3 is 9.47 Å². The van der Waals surface area contributed by atoms with Crippen LogP contribution < -0.4 is 14.9 Å². The molecule has 0 amide bonds. The Bertz CT molecular complexity index is 1240. The maximum Gasteiger partial charge on any atom is 0.343 e. The second kappa shape index (κ2) is 10.2. The zero-order valence-corrected chi connectivity index (χ0v) is 19.4. The van der Waals surface area contributed by atoms with Crippen molar-refractivity contribution < 1.29 is 14.3 Å². The quantitative estimate of drug-likeness (QED) is 0.138. The van der Waals surface area contributed by atoms with Crippen molar-refractivity contribution in [3.05, 3.63) is 93.8 Å². The predicted molar refractivity (Wildman–Crippen MR) is 131 cm³/mol. The number of halogens is 1. The molecule has 0 fully saturated rings. The van der Waals surface area contributed by atoms with Crippen LogP contribution in [0.25, 0.3) is 11.3 Å². The van der Waals surface area contributed by atoms with Gasteiger partial charge in [0.1, 0.15) is 0 Å². The lowest BCUT2D eigenvalue weighted by Crippen LogP contribution is -2.09. The van der Waals surface area contributed by atoms with Crippen LogP contribution in [0.4, 0.5) is 5.13 Å². The average Bonchev–Trinajstić information content (AvgIpc) is 3.30. The SMILES string of the molecule is COc1cc(/C=N\Nc2nc(-c3ccc(Br)cc3)cs2)ccc1OC(=O)c1ccccc1. The lowest BCUT2D eigenvalue weighted by atomic mass is 10.2. The molecule has 3 aromatic carbocycles. The number of anilines is 1. The number of aromatic nitrogens is 1. The molecular weight excluding hydrogens is 490 g/mol. The second-order valence-electron chi connectivity index (χ2n) is 6.58. The van der Waals surface area contributed by atoms with Crippen molar-refractivity contribution >= 4 is 44.6 Å². The van der Waals surface area contributed by atoms with Crippen molar-refractivity contribution in [1.82, 2.24) is 4.98 Å². The van der Waals surface area contributed by atoms with Crippen LogP contribution in [0.3, 0.4) is 0 Å². The first-order valence-electron chi connectivity index (χ1n) is 9.58. The first-order valence-corrected chi connectivity index (χ1v) is 11.3. The van der Waals surface area contributed by atoms with Gasteiger partial charge in [-0.3, -0.25) is 5.43 Å². The molecule has 0 aliphatic rings. The van der Waals surface area contributed by atoms with Crippen LogP contribution in [0.5, 0.6) is 11.5 Å². The molecule has 0 saturated heterocycles. The second-order valence-corrected chi connectivity index (χ2v) is 8.35. The van der Waals surface area contributed by atoms with Gasteiger partial charge in [-0.1, -0.05) is 46.3 Å². The Morgan fingerprint density at radius 3 is 2.59 bits per heavy atom. The summed E-state index contributed by atoms with van der Waals surface area (Å²) in [6.07, 6.45) is 1.64. The summed E-state index contributed by atoms with van der Waals surface area (Å²) < 4.78 is 11.9. The summed E-state index contributed by atoms with van der Waals surface area (Å²) in [6, 6.07) is 22.0. The highest BCUT2D eigenvalue weighted by molar-refractivity contribution is 9.10. The van der Waals surface area contributed by atoms with Gasteiger partial charge in [0.25, 0.3) is 0 Å². The summed E-state index contributed by atoms with van der Waals surface area (Å²) in [5.74, 6) is 0.327. The zero-order valence-electron chi connectivity index (χ0n) is 17.0. The van der Waals surface area contributed by atoms with Crippen LogP contribution in [0.2, 0.25) is 0 Å². The van der Waals surface area contributed by atoms with Crippen molar-refractivity contribution in [2.24, 2.45) is 5.10 Å². The highest BCUT2D eigenvalue weighted by atomic mass is 79.9. The minimum absolute atomic E-state index is 0.338. The molecule has 0 spiro atoms. The van der Waals surface area contributed by atoms with Gasteiger partial charge >= 0.3 is 5.97 Å².